The van der Waals surface area contributed by atoms with Gasteiger partial charge in [0.15, 0.2) is 5.69 Å². The van der Waals surface area contributed by atoms with Crippen LogP contribution in [0.2, 0.25) is 0 Å². The molecule has 126 valence electrons. The van der Waals surface area contributed by atoms with Crippen molar-refractivity contribution < 1.29 is 9.53 Å². The van der Waals surface area contributed by atoms with Gasteiger partial charge in [-0.15, -0.1) is 12.4 Å². The van der Waals surface area contributed by atoms with Crippen LogP contribution in [0.4, 0.5) is 0 Å². The van der Waals surface area contributed by atoms with Gasteiger partial charge >= 0.3 is 0 Å². The predicted octanol–water partition coefficient (Wildman–Crippen LogP) is 2.08. The molecule has 1 atom stereocenters. The number of rotatable bonds is 6. The van der Waals surface area contributed by atoms with Crippen molar-refractivity contribution in [2.45, 2.75) is 26.3 Å². The highest BCUT2D eigenvalue weighted by Crippen LogP contribution is 2.23. The molecule has 1 amide bonds. The molecule has 0 spiro atoms. The van der Waals surface area contributed by atoms with E-state index in [1.807, 2.05) is 32.0 Å². The van der Waals surface area contributed by atoms with Crippen LogP contribution in [0, 0.1) is 6.92 Å². The van der Waals surface area contributed by atoms with Gasteiger partial charge in [-0.25, -0.2) is 4.68 Å². The SMILES string of the molecule is COc1ccc(C)cc1-n1ccc(C(=O)NCCC(C)N)n1.Cl. The van der Waals surface area contributed by atoms with Crippen LogP contribution in [0.5, 0.6) is 5.75 Å². The van der Waals surface area contributed by atoms with Crippen molar-refractivity contribution in [1.82, 2.24) is 15.1 Å². The van der Waals surface area contributed by atoms with E-state index in [0.717, 1.165) is 17.7 Å². The van der Waals surface area contributed by atoms with E-state index in [1.54, 1.807) is 24.1 Å². The number of carbonyl (C=O) groups is 1. The zero-order valence-electron chi connectivity index (χ0n) is 13.6. The van der Waals surface area contributed by atoms with Crippen molar-refractivity contribution in [3.63, 3.8) is 0 Å². The average Bonchev–Trinajstić information content (AvgIpc) is 2.96. The Labute approximate surface area is 142 Å². The van der Waals surface area contributed by atoms with Gasteiger partial charge < -0.3 is 15.8 Å². The molecular weight excluding hydrogens is 316 g/mol. The Bertz CT molecular complexity index is 655. The van der Waals surface area contributed by atoms with Gasteiger partial charge in [0.1, 0.15) is 11.4 Å². The number of amides is 1. The minimum atomic E-state index is -0.203. The summed E-state index contributed by atoms with van der Waals surface area (Å²) in [5.41, 5.74) is 7.92. The first-order chi connectivity index (χ1) is 10.5. The number of ether oxygens (including phenoxy) is 1. The summed E-state index contributed by atoms with van der Waals surface area (Å²) in [5, 5.41) is 7.13. The van der Waals surface area contributed by atoms with Gasteiger partial charge in [0.25, 0.3) is 5.91 Å². The van der Waals surface area contributed by atoms with Crippen LogP contribution in [0.1, 0.15) is 29.4 Å². The first kappa shape index (κ1) is 19.0. The summed E-state index contributed by atoms with van der Waals surface area (Å²) >= 11 is 0. The molecule has 1 aromatic carbocycles. The standard InChI is InChI=1S/C16H22N4O2.ClH/c1-11-4-5-15(22-3)14(10-11)20-9-7-13(19-20)16(21)18-8-6-12(2)17;/h4-5,7,9-10,12H,6,8,17H2,1-3H3,(H,18,21);1H. The van der Waals surface area contributed by atoms with Crippen LogP contribution in [-0.2, 0) is 0 Å². The molecule has 1 unspecified atom stereocenters. The van der Waals surface area contributed by atoms with Crippen LogP contribution < -0.4 is 15.8 Å². The predicted molar refractivity (Wildman–Crippen MR) is 92.7 cm³/mol. The highest BCUT2D eigenvalue weighted by molar-refractivity contribution is 5.92. The molecule has 0 aliphatic heterocycles. The van der Waals surface area contributed by atoms with E-state index < -0.39 is 0 Å². The van der Waals surface area contributed by atoms with Gasteiger partial charge in [-0.1, -0.05) is 6.07 Å². The highest BCUT2D eigenvalue weighted by atomic mass is 35.5. The van der Waals surface area contributed by atoms with Crippen LogP contribution in [0.3, 0.4) is 0 Å². The fraction of sp³-hybridized carbons (Fsp3) is 0.375. The maximum atomic E-state index is 12.0. The summed E-state index contributed by atoms with van der Waals surface area (Å²) in [6, 6.07) is 7.56. The van der Waals surface area contributed by atoms with E-state index in [2.05, 4.69) is 10.4 Å². The first-order valence-corrected chi connectivity index (χ1v) is 7.25. The van der Waals surface area contributed by atoms with Crippen molar-refractivity contribution >= 4 is 18.3 Å². The normalized spacial score (nSPS) is 11.5. The van der Waals surface area contributed by atoms with Crippen molar-refractivity contribution in [1.29, 1.82) is 0 Å². The van der Waals surface area contributed by atoms with E-state index >= 15 is 0 Å². The van der Waals surface area contributed by atoms with Crippen LogP contribution >= 0.6 is 12.4 Å². The van der Waals surface area contributed by atoms with E-state index in [-0.39, 0.29) is 24.4 Å². The third-order valence-corrected chi connectivity index (χ3v) is 3.29. The molecule has 7 heteroatoms. The fourth-order valence-corrected chi connectivity index (χ4v) is 2.06. The van der Waals surface area contributed by atoms with Gasteiger partial charge in [0, 0.05) is 18.8 Å². The molecule has 1 heterocycles. The fourth-order valence-electron chi connectivity index (χ4n) is 2.06. The summed E-state index contributed by atoms with van der Waals surface area (Å²) < 4.78 is 6.99. The number of carbonyl (C=O) groups excluding carboxylic acids is 1. The Morgan fingerprint density at radius 1 is 1.43 bits per heavy atom. The van der Waals surface area contributed by atoms with E-state index in [4.69, 9.17) is 10.5 Å². The second-order valence-electron chi connectivity index (χ2n) is 5.34. The van der Waals surface area contributed by atoms with E-state index in [0.29, 0.717) is 18.0 Å². The third kappa shape index (κ3) is 4.97. The maximum Gasteiger partial charge on any atom is 0.271 e. The van der Waals surface area contributed by atoms with Crippen LogP contribution in [-0.4, -0.2) is 35.4 Å². The smallest absolute Gasteiger partial charge is 0.271 e. The molecule has 0 aliphatic rings. The van der Waals surface area contributed by atoms with Gasteiger partial charge in [-0.2, -0.15) is 5.10 Å². The number of nitrogens with zero attached hydrogens (tertiary/aromatic N) is 2. The number of hydrogen-bond acceptors (Lipinski definition) is 4. The molecule has 0 fully saturated rings. The number of aryl methyl sites for hydroxylation is 1. The van der Waals surface area contributed by atoms with E-state index in [9.17, 15) is 4.79 Å². The van der Waals surface area contributed by atoms with Gasteiger partial charge in [0.2, 0.25) is 0 Å². The molecule has 3 N–H and O–H groups in total. The molecule has 0 radical (unpaired) electrons. The van der Waals surface area contributed by atoms with Crippen LogP contribution in [0.15, 0.2) is 30.5 Å². The summed E-state index contributed by atoms with van der Waals surface area (Å²) in [6.45, 7) is 4.44. The third-order valence-electron chi connectivity index (χ3n) is 3.29. The van der Waals surface area contributed by atoms with Crippen molar-refractivity contribution in [3.8, 4) is 11.4 Å². The monoisotopic (exact) mass is 338 g/mol. The highest BCUT2D eigenvalue weighted by Gasteiger charge is 2.12. The number of nitrogens with two attached hydrogens (primary N) is 1. The lowest BCUT2D eigenvalue weighted by molar-refractivity contribution is 0.0947. The van der Waals surface area contributed by atoms with Crippen molar-refractivity contribution in [2.24, 2.45) is 5.73 Å². The minimum Gasteiger partial charge on any atom is -0.494 e. The second-order valence-corrected chi connectivity index (χ2v) is 5.34. The lowest BCUT2D eigenvalue weighted by Crippen LogP contribution is -2.29. The van der Waals surface area contributed by atoms with Gasteiger partial charge in [-0.3, -0.25) is 4.79 Å². The Morgan fingerprint density at radius 2 is 2.17 bits per heavy atom. The Balaban J connectivity index is 0.00000264. The summed E-state index contributed by atoms with van der Waals surface area (Å²) in [5.74, 6) is 0.503. The lowest BCUT2D eigenvalue weighted by atomic mass is 10.2. The first-order valence-electron chi connectivity index (χ1n) is 7.25. The topological polar surface area (TPSA) is 82.2 Å². The summed E-state index contributed by atoms with van der Waals surface area (Å²) in [6.07, 6.45) is 2.48. The van der Waals surface area contributed by atoms with E-state index in [1.165, 1.54) is 0 Å². The summed E-state index contributed by atoms with van der Waals surface area (Å²) in [4.78, 5) is 12.0. The number of aromatic nitrogens is 2. The molecule has 0 saturated heterocycles. The summed E-state index contributed by atoms with van der Waals surface area (Å²) in [7, 11) is 1.61. The molecule has 2 aromatic rings. The lowest BCUT2D eigenvalue weighted by Gasteiger charge is -2.09. The molecule has 6 nitrogen and oxygen atoms in total. The number of nitrogens with one attached hydrogen (secondary N) is 1. The average molecular weight is 339 g/mol. The zero-order chi connectivity index (χ0) is 16.1. The molecule has 2 rings (SSSR count). The molecule has 1 aromatic heterocycles. The molecule has 23 heavy (non-hydrogen) atoms. The molecule has 0 saturated carbocycles. The van der Waals surface area contributed by atoms with Crippen LogP contribution in [0.25, 0.3) is 5.69 Å². The van der Waals surface area contributed by atoms with Crippen molar-refractivity contribution in [2.75, 3.05) is 13.7 Å². The molecule has 0 bridgehead atoms. The van der Waals surface area contributed by atoms with Gasteiger partial charge in [0.05, 0.1) is 7.11 Å². The number of halogens is 1. The number of benzene rings is 1. The number of methoxy groups -OCH3 is 1. The Hall–Kier alpha value is -2.05. The maximum absolute atomic E-state index is 12.0. The Morgan fingerprint density at radius 3 is 2.83 bits per heavy atom. The van der Waals surface area contributed by atoms with Gasteiger partial charge in [-0.05, 0) is 44.0 Å². The minimum absolute atomic E-state index is 0. The Kier molecular flexibility index (Phi) is 7.06. The molecular formula is C16H23ClN4O2. The van der Waals surface area contributed by atoms with Crippen molar-refractivity contribution in [3.05, 3.63) is 41.7 Å². The number of hydrogen-bond donors (Lipinski definition) is 2. The quantitative estimate of drug-likeness (QED) is 0.844. The second kappa shape index (κ2) is 8.55. The zero-order valence-corrected chi connectivity index (χ0v) is 14.4. The largest absolute Gasteiger partial charge is 0.494 e. The molecule has 0 aliphatic carbocycles.